The topological polar surface area (TPSA) is 68.1 Å². The van der Waals surface area contributed by atoms with Crippen molar-refractivity contribution in [2.75, 3.05) is 5.32 Å². The second kappa shape index (κ2) is 5.05. The maximum atomic E-state index is 13.5. The molecule has 0 unspecified atom stereocenters. The Balaban J connectivity index is 2.28. The highest BCUT2D eigenvalue weighted by Gasteiger charge is 2.20. The molecule has 1 N–H and O–H groups in total. The van der Waals surface area contributed by atoms with Crippen LogP contribution in [-0.4, -0.2) is 9.91 Å². The minimum Gasteiger partial charge on any atom is -0.372 e. The van der Waals surface area contributed by atoms with E-state index in [9.17, 15) is 18.9 Å². The lowest BCUT2D eigenvalue weighted by atomic mass is 10.2. The van der Waals surface area contributed by atoms with Crippen LogP contribution in [0.25, 0.3) is 0 Å². The summed E-state index contributed by atoms with van der Waals surface area (Å²) in [5, 5.41) is 13.3. The van der Waals surface area contributed by atoms with E-state index in [0.29, 0.717) is 12.1 Å². The quantitative estimate of drug-likeness (QED) is 0.685. The highest BCUT2D eigenvalue weighted by molar-refractivity contribution is 7.09. The predicted molar refractivity (Wildman–Crippen MR) is 62.5 cm³/mol. The lowest BCUT2D eigenvalue weighted by molar-refractivity contribution is -0.384. The van der Waals surface area contributed by atoms with Crippen LogP contribution < -0.4 is 5.32 Å². The van der Waals surface area contributed by atoms with E-state index in [4.69, 9.17) is 0 Å². The van der Waals surface area contributed by atoms with Gasteiger partial charge in [0.25, 0.3) is 5.69 Å². The Morgan fingerprint density at radius 2 is 2.22 bits per heavy atom. The van der Waals surface area contributed by atoms with Crippen LogP contribution in [0.1, 0.15) is 4.88 Å². The van der Waals surface area contributed by atoms with E-state index >= 15 is 0 Å². The molecule has 5 nitrogen and oxygen atoms in total. The number of nitro groups is 1. The van der Waals surface area contributed by atoms with Crippen LogP contribution in [-0.2, 0) is 6.54 Å². The number of benzene rings is 1. The molecule has 0 atom stereocenters. The fraction of sp³-hybridized carbons (Fsp3) is 0.100. The molecule has 8 heteroatoms. The molecule has 0 spiro atoms. The lowest BCUT2D eigenvalue weighted by Crippen LogP contribution is -2.04. The minimum absolute atomic E-state index is 0.189. The minimum atomic E-state index is -0.994. The number of nitrogens with zero attached hydrogens (tertiary/aromatic N) is 2. The second-order valence-electron chi connectivity index (χ2n) is 3.36. The van der Waals surface area contributed by atoms with Crippen molar-refractivity contribution in [3.8, 4) is 0 Å². The number of thiazole rings is 1. The zero-order valence-corrected chi connectivity index (χ0v) is 9.71. The molecule has 0 aliphatic heterocycles. The number of hydrogen-bond acceptors (Lipinski definition) is 5. The number of anilines is 1. The molecule has 0 radical (unpaired) electrons. The monoisotopic (exact) mass is 271 g/mol. The maximum absolute atomic E-state index is 13.5. The predicted octanol–water partition coefficient (Wildman–Crippen LogP) is 2.94. The van der Waals surface area contributed by atoms with Gasteiger partial charge in [0.05, 0.1) is 23.0 Å². The van der Waals surface area contributed by atoms with Gasteiger partial charge in [-0.05, 0) is 0 Å². The molecule has 2 aromatic rings. The number of hydrogen-bond donors (Lipinski definition) is 1. The van der Waals surface area contributed by atoms with Crippen LogP contribution >= 0.6 is 11.3 Å². The van der Waals surface area contributed by atoms with Crippen LogP contribution in [0.4, 0.5) is 20.2 Å². The van der Waals surface area contributed by atoms with Crippen LogP contribution in [0.3, 0.4) is 0 Å². The van der Waals surface area contributed by atoms with Gasteiger partial charge in [-0.15, -0.1) is 11.3 Å². The summed E-state index contributed by atoms with van der Waals surface area (Å²) in [6.45, 7) is 0.189. The van der Waals surface area contributed by atoms with Crippen molar-refractivity contribution in [2.24, 2.45) is 0 Å². The first-order valence-electron chi connectivity index (χ1n) is 4.82. The van der Waals surface area contributed by atoms with Crippen LogP contribution in [0.2, 0.25) is 0 Å². The molecule has 0 fully saturated rings. The Hall–Kier alpha value is -2.09. The summed E-state index contributed by atoms with van der Waals surface area (Å²) < 4.78 is 26.4. The van der Waals surface area contributed by atoms with Crippen molar-refractivity contribution >= 4 is 22.7 Å². The van der Waals surface area contributed by atoms with Gasteiger partial charge in [0.1, 0.15) is 11.5 Å². The third kappa shape index (κ3) is 2.59. The Labute approximate surface area is 104 Å². The van der Waals surface area contributed by atoms with Gasteiger partial charge < -0.3 is 5.32 Å². The smallest absolute Gasteiger partial charge is 0.298 e. The number of rotatable bonds is 4. The Bertz CT molecular complexity index is 575. The Kier molecular flexibility index (Phi) is 3.47. The van der Waals surface area contributed by atoms with Gasteiger partial charge in [-0.2, -0.15) is 0 Å². The molecule has 1 heterocycles. The summed E-state index contributed by atoms with van der Waals surface area (Å²) in [6, 6.07) is 1.28. The number of halogens is 2. The first-order chi connectivity index (χ1) is 8.58. The molecule has 0 saturated carbocycles. The first kappa shape index (κ1) is 12.4. The van der Waals surface area contributed by atoms with E-state index in [-0.39, 0.29) is 12.2 Å². The van der Waals surface area contributed by atoms with Gasteiger partial charge in [-0.25, -0.2) is 8.78 Å². The fourth-order valence-electron chi connectivity index (χ4n) is 1.38. The standard InChI is InChI=1S/C10H7F2N3O2S/c11-6-1-8(12)10(9(2-6)15(16)17)14-4-7-3-13-5-18-7/h1-3,5,14H,4H2. The average Bonchev–Trinajstić information content (AvgIpc) is 2.79. The Morgan fingerprint density at radius 1 is 1.44 bits per heavy atom. The van der Waals surface area contributed by atoms with E-state index in [2.05, 4.69) is 10.3 Å². The highest BCUT2D eigenvalue weighted by atomic mass is 32.1. The first-order valence-corrected chi connectivity index (χ1v) is 5.70. The largest absolute Gasteiger partial charge is 0.372 e. The number of nitro benzene ring substituents is 1. The van der Waals surface area contributed by atoms with Gasteiger partial charge in [-0.3, -0.25) is 15.1 Å². The van der Waals surface area contributed by atoms with Crippen molar-refractivity contribution in [1.82, 2.24) is 4.98 Å². The van der Waals surface area contributed by atoms with Gasteiger partial charge in [0.15, 0.2) is 5.82 Å². The van der Waals surface area contributed by atoms with Crippen molar-refractivity contribution in [2.45, 2.75) is 6.54 Å². The normalized spacial score (nSPS) is 10.3. The number of nitrogens with one attached hydrogen (secondary N) is 1. The van der Waals surface area contributed by atoms with Gasteiger partial charge >= 0.3 is 0 Å². The molecule has 94 valence electrons. The van der Waals surface area contributed by atoms with E-state index in [0.717, 1.165) is 4.88 Å². The lowest BCUT2D eigenvalue weighted by Gasteiger charge is -2.06. The van der Waals surface area contributed by atoms with Crippen LogP contribution in [0, 0.1) is 21.7 Å². The molecular weight excluding hydrogens is 264 g/mol. The summed E-state index contributed by atoms with van der Waals surface area (Å²) in [7, 11) is 0. The molecule has 18 heavy (non-hydrogen) atoms. The summed E-state index contributed by atoms with van der Waals surface area (Å²) in [4.78, 5) is 14.5. The molecule has 0 aliphatic carbocycles. The second-order valence-corrected chi connectivity index (χ2v) is 4.33. The van der Waals surface area contributed by atoms with Crippen LogP contribution in [0.5, 0.6) is 0 Å². The van der Waals surface area contributed by atoms with Crippen molar-refractivity contribution in [3.63, 3.8) is 0 Å². The summed E-state index contributed by atoms with van der Waals surface area (Å²) in [6.07, 6.45) is 1.56. The van der Waals surface area contributed by atoms with Gasteiger partial charge in [0.2, 0.25) is 0 Å². The summed E-state index contributed by atoms with van der Waals surface area (Å²) in [5.74, 6) is -1.98. The van der Waals surface area contributed by atoms with Crippen molar-refractivity contribution < 1.29 is 13.7 Å². The number of aromatic nitrogens is 1. The molecule has 0 saturated heterocycles. The molecule has 0 aliphatic rings. The molecule has 1 aromatic heterocycles. The van der Waals surface area contributed by atoms with E-state index in [1.54, 1.807) is 11.7 Å². The van der Waals surface area contributed by atoms with Gasteiger partial charge in [0, 0.05) is 17.1 Å². The molecular formula is C10H7F2N3O2S. The van der Waals surface area contributed by atoms with E-state index < -0.39 is 22.2 Å². The molecule has 1 aromatic carbocycles. The zero-order valence-electron chi connectivity index (χ0n) is 8.89. The van der Waals surface area contributed by atoms with Crippen molar-refractivity contribution in [3.05, 3.63) is 50.5 Å². The summed E-state index contributed by atoms with van der Waals surface area (Å²) in [5.41, 5.74) is 0.638. The van der Waals surface area contributed by atoms with Crippen LogP contribution in [0.15, 0.2) is 23.8 Å². The van der Waals surface area contributed by atoms with E-state index in [1.807, 2.05) is 0 Å². The average molecular weight is 271 g/mol. The van der Waals surface area contributed by atoms with Gasteiger partial charge in [-0.1, -0.05) is 0 Å². The SMILES string of the molecule is O=[N+]([O-])c1cc(F)cc(F)c1NCc1cncs1. The zero-order chi connectivity index (χ0) is 13.1. The Morgan fingerprint density at radius 3 is 2.83 bits per heavy atom. The maximum Gasteiger partial charge on any atom is 0.298 e. The highest BCUT2D eigenvalue weighted by Crippen LogP contribution is 2.29. The van der Waals surface area contributed by atoms with E-state index in [1.165, 1.54) is 11.3 Å². The van der Waals surface area contributed by atoms with Crippen molar-refractivity contribution in [1.29, 1.82) is 0 Å². The third-order valence-electron chi connectivity index (χ3n) is 2.15. The molecule has 2 rings (SSSR count). The molecule has 0 amide bonds. The molecule has 0 bridgehead atoms. The fourth-order valence-corrected chi connectivity index (χ4v) is 1.92. The third-order valence-corrected chi connectivity index (χ3v) is 2.93. The summed E-state index contributed by atoms with van der Waals surface area (Å²) >= 11 is 1.33.